The molecule has 110 valence electrons. The molecule has 0 spiro atoms. The van der Waals surface area contributed by atoms with Crippen LogP contribution in [0.4, 0.5) is 0 Å². The first-order valence-corrected chi connectivity index (χ1v) is 7.26. The molecule has 6 nitrogen and oxygen atoms in total. The quantitative estimate of drug-likeness (QED) is 0.716. The molecule has 0 saturated heterocycles. The number of aromatic nitrogens is 4. The summed E-state index contributed by atoms with van der Waals surface area (Å²) in [6.07, 6.45) is 5.88. The molecule has 0 radical (unpaired) electrons. The first-order chi connectivity index (χ1) is 10.8. The molecular formula is C16H15N5O. The molecule has 1 amide bonds. The largest absolute Gasteiger partial charge is 0.336 e. The zero-order valence-corrected chi connectivity index (χ0v) is 12.0. The van der Waals surface area contributed by atoms with Crippen molar-refractivity contribution < 1.29 is 4.79 Å². The maximum absolute atomic E-state index is 12.6. The van der Waals surface area contributed by atoms with Crippen LogP contribution in [0.5, 0.6) is 0 Å². The van der Waals surface area contributed by atoms with E-state index in [1.165, 1.54) is 0 Å². The molecule has 22 heavy (non-hydrogen) atoms. The lowest BCUT2D eigenvalue weighted by atomic mass is 10.1. The van der Waals surface area contributed by atoms with Gasteiger partial charge < -0.3 is 9.47 Å². The number of amides is 1. The van der Waals surface area contributed by atoms with Crippen LogP contribution >= 0.6 is 0 Å². The Bertz CT molecular complexity index is 841. The Hall–Kier alpha value is -2.76. The average molecular weight is 293 g/mol. The maximum Gasteiger partial charge on any atom is 0.242 e. The molecule has 0 atom stereocenters. The van der Waals surface area contributed by atoms with Crippen LogP contribution in [0, 0.1) is 0 Å². The first kappa shape index (κ1) is 12.9. The maximum atomic E-state index is 12.6. The summed E-state index contributed by atoms with van der Waals surface area (Å²) >= 11 is 0. The Morgan fingerprint density at radius 3 is 3.09 bits per heavy atom. The number of nitrogens with zero attached hydrogens (tertiary/aromatic N) is 5. The summed E-state index contributed by atoms with van der Waals surface area (Å²) in [6.45, 7) is 1.60. The summed E-state index contributed by atoms with van der Waals surface area (Å²) in [5.41, 5.74) is 3.98. The van der Waals surface area contributed by atoms with Gasteiger partial charge in [0.25, 0.3) is 0 Å². The van der Waals surface area contributed by atoms with E-state index in [2.05, 4.69) is 15.0 Å². The zero-order chi connectivity index (χ0) is 14.9. The second-order valence-corrected chi connectivity index (χ2v) is 5.42. The standard InChI is InChI=1S/C16H15N5O/c22-16(9-21-11-19-14-3-1-2-4-15(14)21)20-6-5-13-12(8-20)7-17-10-18-13/h1-4,7,10-11H,5-6,8-9H2. The minimum absolute atomic E-state index is 0.0951. The topological polar surface area (TPSA) is 63.9 Å². The highest BCUT2D eigenvalue weighted by Crippen LogP contribution is 2.17. The summed E-state index contributed by atoms with van der Waals surface area (Å²) in [6, 6.07) is 7.84. The van der Waals surface area contributed by atoms with Crippen molar-refractivity contribution in [1.82, 2.24) is 24.4 Å². The second kappa shape index (κ2) is 5.22. The molecule has 0 saturated carbocycles. The molecule has 6 heteroatoms. The van der Waals surface area contributed by atoms with E-state index < -0.39 is 0 Å². The predicted molar refractivity (Wildman–Crippen MR) is 80.9 cm³/mol. The minimum Gasteiger partial charge on any atom is -0.336 e. The van der Waals surface area contributed by atoms with E-state index in [0.717, 1.165) is 28.7 Å². The zero-order valence-electron chi connectivity index (χ0n) is 12.0. The Morgan fingerprint density at radius 1 is 1.23 bits per heavy atom. The van der Waals surface area contributed by atoms with Gasteiger partial charge in [0, 0.05) is 31.3 Å². The lowest BCUT2D eigenvalue weighted by Gasteiger charge is -2.28. The molecule has 1 aliphatic heterocycles. The van der Waals surface area contributed by atoms with Gasteiger partial charge in [-0.15, -0.1) is 0 Å². The molecule has 0 fully saturated rings. The van der Waals surface area contributed by atoms with Gasteiger partial charge in [0.1, 0.15) is 12.9 Å². The number of hydrogen-bond donors (Lipinski definition) is 0. The van der Waals surface area contributed by atoms with E-state index in [9.17, 15) is 4.79 Å². The number of carbonyl (C=O) groups excluding carboxylic acids is 1. The van der Waals surface area contributed by atoms with Gasteiger partial charge in [-0.2, -0.15) is 0 Å². The van der Waals surface area contributed by atoms with Crippen molar-refractivity contribution in [3.05, 3.63) is 54.4 Å². The van der Waals surface area contributed by atoms with Gasteiger partial charge in [0.2, 0.25) is 5.91 Å². The molecule has 3 aromatic rings. The highest BCUT2D eigenvalue weighted by Gasteiger charge is 2.22. The third kappa shape index (κ3) is 2.22. The fourth-order valence-electron chi connectivity index (χ4n) is 2.86. The molecule has 1 aromatic carbocycles. The molecule has 0 aliphatic carbocycles. The molecule has 0 unspecified atom stereocenters. The van der Waals surface area contributed by atoms with E-state index in [-0.39, 0.29) is 5.91 Å². The smallest absolute Gasteiger partial charge is 0.242 e. The molecular weight excluding hydrogens is 278 g/mol. The highest BCUT2D eigenvalue weighted by atomic mass is 16.2. The minimum atomic E-state index is 0.0951. The van der Waals surface area contributed by atoms with Crippen molar-refractivity contribution in [3.63, 3.8) is 0 Å². The van der Waals surface area contributed by atoms with E-state index in [1.54, 1.807) is 18.9 Å². The number of para-hydroxylation sites is 2. The molecule has 1 aliphatic rings. The van der Waals surface area contributed by atoms with Crippen LogP contribution in [0.15, 0.2) is 43.1 Å². The van der Waals surface area contributed by atoms with E-state index in [4.69, 9.17) is 0 Å². The Balaban J connectivity index is 1.54. The van der Waals surface area contributed by atoms with Crippen LogP contribution in [0.1, 0.15) is 11.3 Å². The van der Waals surface area contributed by atoms with Crippen LogP contribution in [-0.2, 0) is 24.3 Å². The van der Waals surface area contributed by atoms with Gasteiger partial charge in [0.15, 0.2) is 0 Å². The van der Waals surface area contributed by atoms with Gasteiger partial charge in [-0.1, -0.05) is 12.1 Å². The van der Waals surface area contributed by atoms with Crippen LogP contribution in [-0.4, -0.2) is 36.9 Å². The predicted octanol–water partition coefficient (Wildman–Crippen LogP) is 1.41. The lowest BCUT2D eigenvalue weighted by molar-refractivity contribution is -0.132. The normalized spacial score (nSPS) is 14.1. The summed E-state index contributed by atoms with van der Waals surface area (Å²) in [4.78, 5) is 27.1. The summed E-state index contributed by atoms with van der Waals surface area (Å²) in [5.74, 6) is 0.0951. The Labute approximate surface area is 127 Å². The molecule has 3 heterocycles. The number of imidazole rings is 1. The third-order valence-corrected chi connectivity index (χ3v) is 4.05. The lowest BCUT2D eigenvalue weighted by Crippen LogP contribution is -2.38. The van der Waals surface area contributed by atoms with Crippen molar-refractivity contribution in [2.45, 2.75) is 19.5 Å². The van der Waals surface area contributed by atoms with Crippen molar-refractivity contribution in [3.8, 4) is 0 Å². The molecule has 4 rings (SSSR count). The van der Waals surface area contributed by atoms with Crippen LogP contribution < -0.4 is 0 Å². The fourth-order valence-corrected chi connectivity index (χ4v) is 2.86. The van der Waals surface area contributed by atoms with Gasteiger partial charge in [-0.05, 0) is 12.1 Å². The molecule has 0 bridgehead atoms. The number of benzene rings is 1. The fraction of sp³-hybridized carbons (Fsp3) is 0.250. The average Bonchev–Trinajstić information content (AvgIpc) is 2.97. The molecule has 2 aromatic heterocycles. The number of fused-ring (bicyclic) bond motifs is 2. The van der Waals surface area contributed by atoms with Crippen LogP contribution in [0.3, 0.4) is 0 Å². The van der Waals surface area contributed by atoms with Gasteiger partial charge in [0.05, 0.1) is 23.1 Å². The number of hydrogen-bond acceptors (Lipinski definition) is 4. The number of rotatable bonds is 2. The van der Waals surface area contributed by atoms with Crippen LogP contribution in [0.25, 0.3) is 11.0 Å². The van der Waals surface area contributed by atoms with Crippen molar-refractivity contribution >= 4 is 16.9 Å². The Kier molecular flexibility index (Phi) is 3.07. The SMILES string of the molecule is O=C(Cn1cnc2ccccc21)N1CCc2ncncc2C1. The summed E-state index contributed by atoms with van der Waals surface area (Å²) in [5, 5.41) is 0. The highest BCUT2D eigenvalue weighted by molar-refractivity contribution is 5.80. The van der Waals surface area contributed by atoms with E-state index in [1.807, 2.05) is 33.7 Å². The van der Waals surface area contributed by atoms with Crippen molar-refractivity contribution in [1.29, 1.82) is 0 Å². The summed E-state index contributed by atoms with van der Waals surface area (Å²) < 4.78 is 1.90. The molecule has 0 N–H and O–H groups in total. The second-order valence-electron chi connectivity index (χ2n) is 5.42. The Morgan fingerprint density at radius 2 is 2.14 bits per heavy atom. The first-order valence-electron chi connectivity index (χ1n) is 7.26. The summed E-state index contributed by atoms with van der Waals surface area (Å²) in [7, 11) is 0. The van der Waals surface area contributed by atoms with Crippen molar-refractivity contribution in [2.24, 2.45) is 0 Å². The third-order valence-electron chi connectivity index (χ3n) is 4.05. The van der Waals surface area contributed by atoms with Gasteiger partial charge >= 0.3 is 0 Å². The van der Waals surface area contributed by atoms with E-state index >= 15 is 0 Å². The van der Waals surface area contributed by atoms with Crippen LogP contribution in [0.2, 0.25) is 0 Å². The van der Waals surface area contributed by atoms with Crippen molar-refractivity contribution in [2.75, 3.05) is 6.54 Å². The van der Waals surface area contributed by atoms with Gasteiger partial charge in [-0.25, -0.2) is 15.0 Å². The number of carbonyl (C=O) groups is 1. The van der Waals surface area contributed by atoms with Gasteiger partial charge in [-0.3, -0.25) is 4.79 Å². The monoisotopic (exact) mass is 293 g/mol. The van der Waals surface area contributed by atoms with E-state index in [0.29, 0.717) is 19.6 Å².